The molecule has 2 aromatic rings. The van der Waals surface area contributed by atoms with Crippen LogP contribution in [0.2, 0.25) is 5.02 Å². The normalized spacial score (nSPS) is 10.3. The van der Waals surface area contributed by atoms with Crippen LogP contribution in [0.4, 0.5) is 20.2 Å². The second-order valence-electron chi connectivity index (χ2n) is 3.82. The second kappa shape index (κ2) is 5.24. The predicted octanol–water partition coefficient (Wildman–Crippen LogP) is 3.45. The summed E-state index contributed by atoms with van der Waals surface area (Å²) in [5.74, 6) is -1.83. The van der Waals surface area contributed by atoms with E-state index in [1.165, 1.54) is 18.2 Å². The third-order valence-electron chi connectivity index (χ3n) is 2.41. The Bertz CT molecular complexity index is 647. The number of carbonyl (C=O) groups excluding carboxylic acids is 1. The smallest absolute Gasteiger partial charge is 0.257 e. The number of amides is 1. The van der Waals surface area contributed by atoms with Crippen molar-refractivity contribution >= 4 is 28.9 Å². The number of rotatable bonds is 2. The number of benzene rings is 2. The second-order valence-corrected chi connectivity index (χ2v) is 4.22. The predicted molar refractivity (Wildman–Crippen MR) is 70.2 cm³/mol. The summed E-state index contributed by atoms with van der Waals surface area (Å²) in [7, 11) is 0. The highest BCUT2D eigenvalue weighted by atomic mass is 35.5. The average molecular weight is 283 g/mol. The molecule has 0 bridgehead atoms. The van der Waals surface area contributed by atoms with E-state index in [1.54, 1.807) is 0 Å². The van der Waals surface area contributed by atoms with E-state index in [-0.39, 0.29) is 16.3 Å². The summed E-state index contributed by atoms with van der Waals surface area (Å²) in [5.41, 5.74) is 5.79. The van der Waals surface area contributed by atoms with E-state index in [1.807, 2.05) is 0 Å². The molecule has 19 heavy (non-hydrogen) atoms. The maximum absolute atomic E-state index is 13.4. The minimum absolute atomic E-state index is 0.0462. The van der Waals surface area contributed by atoms with Crippen LogP contribution in [0.1, 0.15) is 10.4 Å². The van der Waals surface area contributed by atoms with E-state index in [0.717, 1.165) is 18.2 Å². The molecule has 0 aliphatic heterocycles. The van der Waals surface area contributed by atoms with Crippen molar-refractivity contribution in [3.8, 4) is 0 Å². The Morgan fingerprint density at radius 3 is 2.58 bits per heavy atom. The number of nitrogens with one attached hydrogen (secondary N) is 1. The Balaban J connectivity index is 2.28. The Kier molecular flexibility index (Phi) is 3.66. The Morgan fingerprint density at radius 1 is 1.16 bits per heavy atom. The van der Waals surface area contributed by atoms with E-state index in [4.69, 9.17) is 17.3 Å². The molecule has 0 radical (unpaired) electrons. The van der Waals surface area contributed by atoms with Crippen molar-refractivity contribution in [2.75, 3.05) is 11.1 Å². The lowest BCUT2D eigenvalue weighted by Gasteiger charge is -2.08. The van der Waals surface area contributed by atoms with Gasteiger partial charge in [-0.3, -0.25) is 4.79 Å². The molecule has 0 aliphatic carbocycles. The van der Waals surface area contributed by atoms with Crippen molar-refractivity contribution in [3.63, 3.8) is 0 Å². The fourth-order valence-corrected chi connectivity index (χ4v) is 1.76. The molecule has 0 aromatic heterocycles. The van der Waals surface area contributed by atoms with E-state index in [2.05, 4.69) is 5.32 Å². The van der Waals surface area contributed by atoms with Crippen LogP contribution in [0.15, 0.2) is 36.4 Å². The quantitative estimate of drug-likeness (QED) is 0.829. The lowest BCUT2D eigenvalue weighted by molar-refractivity contribution is 0.102. The van der Waals surface area contributed by atoms with E-state index in [0.29, 0.717) is 5.69 Å². The fraction of sp³-hybridized carbons (Fsp3) is 0. The minimum Gasteiger partial charge on any atom is -0.399 e. The Labute approximate surface area is 113 Å². The van der Waals surface area contributed by atoms with Gasteiger partial charge in [0.25, 0.3) is 5.91 Å². The van der Waals surface area contributed by atoms with Crippen LogP contribution in [0.25, 0.3) is 0 Å². The van der Waals surface area contributed by atoms with Crippen LogP contribution in [0.5, 0.6) is 0 Å². The van der Waals surface area contributed by atoms with Gasteiger partial charge in [0, 0.05) is 5.69 Å². The van der Waals surface area contributed by atoms with Crippen LogP contribution < -0.4 is 11.1 Å². The largest absolute Gasteiger partial charge is 0.399 e. The Morgan fingerprint density at radius 2 is 1.89 bits per heavy atom. The Hall–Kier alpha value is -2.14. The van der Waals surface area contributed by atoms with Crippen LogP contribution in [0.3, 0.4) is 0 Å². The lowest BCUT2D eigenvalue weighted by atomic mass is 10.2. The van der Waals surface area contributed by atoms with Crippen molar-refractivity contribution in [1.29, 1.82) is 0 Å². The summed E-state index contributed by atoms with van der Waals surface area (Å²) >= 11 is 5.74. The molecule has 0 saturated heterocycles. The number of halogens is 3. The molecule has 2 rings (SSSR count). The molecule has 6 heteroatoms. The third kappa shape index (κ3) is 3.00. The van der Waals surface area contributed by atoms with E-state index < -0.39 is 17.5 Å². The van der Waals surface area contributed by atoms with Crippen LogP contribution >= 0.6 is 11.6 Å². The van der Waals surface area contributed by atoms with Crippen molar-refractivity contribution in [2.24, 2.45) is 0 Å². The number of nitrogen functional groups attached to an aromatic ring is 1. The molecule has 0 aliphatic rings. The van der Waals surface area contributed by atoms with Gasteiger partial charge in [-0.2, -0.15) is 0 Å². The highest BCUT2D eigenvalue weighted by Gasteiger charge is 2.13. The minimum atomic E-state index is -0.644. The van der Waals surface area contributed by atoms with Gasteiger partial charge in [-0.25, -0.2) is 8.78 Å². The molecular formula is C13H9ClF2N2O. The van der Waals surface area contributed by atoms with Gasteiger partial charge >= 0.3 is 0 Å². The molecule has 0 heterocycles. The molecule has 98 valence electrons. The van der Waals surface area contributed by atoms with E-state index in [9.17, 15) is 13.6 Å². The van der Waals surface area contributed by atoms with Crippen LogP contribution in [-0.4, -0.2) is 5.91 Å². The maximum atomic E-state index is 13.4. The third-order valence-corrected chi connectivity index (χ3v) is 2.73. The standard InChI is InChI=1S/C13H9ClF2N2O/c14-10-5-7(15)1-3-9(10)13(19)18-12-6-8(17)2-4-11(12)16/h1-6H,17H2,(H,18,19). The van der Waals surface area contributed by atoms with Gasteiger partial charge in [0.15, 0.2) is 0 Å². The molecule has 0 unspecified atom stereocenters. The lowest BCUT2D eigenvalue weighted by Crippen LogP contribution is -2.14. The first-order valence-corrected chi connectivity index (χ1v) is 5.66. The molecule has 0 saturated carbocycles. The summed E-state index contributed by atoms with van der Waals surface area (Å²) in [6.45, 7) is 0. The molecule has 0 atom stereocenters. The summed E-state index contributed by atoms with van der Waals surface area (Å²) in [6, 6.07) is 7.11. The zero-order chi connectivity index (χ0) is 14.0. The monoisotopic (exact) mass is 282 g/mol. The first kappa shape index (κ1) is 13.3. The molecule has 0 spiro atoms. The first-order valence-electron chi connectivity index (χ1n) is 5.29. The SMILES string of the molecule is Nc1ccc(F)c(NC(=O)c2ccc(F)cc2Cl)c1. The summed E-state index contributed by atoms with van der Waals surface area (Å²) in [6.07, 6.45) is 0. The summed E-state index contributed by atoms with van der Waals surface area (Å²) < 4.78 is 26.3. The molecule has 1 amide bonds. The highest BCUT2D eigenvalue weighted by Crippen LogP contribution is 2.21. The van der Waals surface area contributed by atoms with E-state index >= 15 is 0 Å². The summed E-state index contributed by atoms with van der Waals surface area (Å²) in [4.78, 5) is 11.9. The topological polar surface area (TPSA) is 55.1 Å². The maximum Gasteiger partial charge on any atom is 0.257 e. The molecular weight excluding hydrogens is 274 g/mol. The highest BCUT2D eigenvalue weighted by molar-refractivity contribution is 6.34. The van der Waals surface area contributed by atoms with Crippen LogP contribution in [-0.2, 0) is 0 Å². The van der Waals surface area contributed by atoms with Crippen molar-refractivity contribution in [2.45, 2.75) is 0 Å². The first-order chi connectivity index (χ1) is 8.97. The molecule has 0 fully saturated rings. The molecule has 2 aromatic carbocycles. The number of anilines is 2. The van der Waals surface area contributed by atoms with Crippen molar-refractivity contribution in [1.82, 2.24) is 0 Å². The van der Waals surface area contributed by atoms with Gasteiger partial charge in [-0.15, -0.1) is 0 Å². The van der Waals surface area contributed by atoms with Gasteiger partial charge in [0.1, 0.15) is 11.6 Å². The molecule has 3 nitrogen and oxygen atoms in total. The number of nitrogens with two attached hydrogens (primary N) is 1. The fourth-order valence-electron chi connectivity index (χ4n) is 1.50. The van der Waals surface area contributed by atoms with Crippen molar-refractivity contribution in [3.05, 3.63) is 58.6 Å². The average Bonchev–Trinajstić information content (AvgIpc) is 2.33. The van der Waals surface area contributed by atoms with Crippen LogP contribution in [0, 0.1) is 11.6 Å². The zero-order valence-corrected chi connectivity index (χ0v) is 10.3. The van der Waals surface area contributed by atoms with Gasteiger partial charge < -0.3 is 11.1 Å². The number of hydrogen-bond acceptors (Lipinski definition) is 2. The summed E-state index contributed by atoms with van der Waals surface area (Å²) in [5, 5.41) is 2.27. The van der Waals surface area contributed by atoms with Gasteiger partial charge in [-0.05, 0) is 36.4 Å². The van der Waals surface area contributed by atoms with Gasteiger partial charge in [-0.1, -0.05) is 11.6 Å². The van der Waals surface area contributed by atoms with Gasteiger partial charge in [0.2, 0.25) is 0 Å². The number of hydrogen-bond donors (Lipinski definition) is 2. The number of carbonyl (C=O) groups is 1. The van der Waals surface area contributed by atoms with Gasteiger partial charge in [0.05, 0.1) is 16.3 Å². The van der Waals surface area contributed by atoms with Crippen molar-refractivity contribution < 1.29 is 13.6 Å². The molecule has 3 N–H and O–H groups in total. The zero-order valence-electron chi connectivity index (χ0n) is 9.58.